The van der Waals surface area contributed by atoms with Gasteiger partial charge in [0, 0.05) is 25.2 Å². The third-order valence-electron chi connectivity index (χ3n) is 4.40. The summed E-state index contributed by atoms with van der Waals surface area (Å²) >= 11 is 1.56. The maximum atomic E-state index is 12.4. The third-order valence-corrected chi connectivity index (χ3v) is 5.29. The van der Waals surface area contributed by atoms with Crippen molar-refractivity contribution in [2.24, 2.45) is 5.92 Å². The molecule has 4 aromatic rings. The Kier molecular flexibility index (Phi) is 4.05. The minimum atomic E-state index is -0.153. The Morgan fingerprint density at radius 2 is 2.11 bits per heavy atom. The monoisotopic (exact) mass is 394 g/mol. The fraction of sp³-hybridized carbons (Fsp3) is 0.176. The van der Waals surface area contributed by atoms with Gasteiger partial charge in [0.2, 0.25) is 11.8 Å². The van der Waals surface area contributed by atoms with Gasteiger partial charge in [-0.25, -0.2) is 19.6 Å². The summed E-state index contributed by atoms with van der Waals surface area (Å²) in [5.74, 6) is 1.46. The second-order valence-electron chi connectivity index (χ2n) is 6.22. The zero-order chi connectivity index (χ0) is 18.9. The number of anilines is 2. The van der Waals surface area contributed by atoms with Crippen molar-refractivity contribution in [3.8, 4) is 16.4 Å². The van der Waals surface area contributed by atoms with Crippen LogP contribution in [0.5, 0.6) is 0 Å². The van der Waals surface area contributed by atoms with Crippen LogP contribution in [0.25, 0.3) is 16.4 Å². The van der Waals surface area contributed by atoms with Crippen molar-refractivity contribution in [1.29, 1.82) is 0 Å². The fourth-order valence-corrected chi connectivity index (χ4v) is 3.57. The Morgan fingerprint density at radius 1 is 1.21 bits per heavy atom. The first kappa shape index (κ1) is 16.6. The fourth-order valence-electron chi connectivity index (χ4n) is 2.89. The van der Waals surface area contributed by atoms with Crippen molar-refractivity contribution in [1.82, 2.24) is 29.9 Å². The molecule has 0 radical (unpaired) electrons. The van der Waals surface area contributed by atoms with Crippen LogP contribution in [0.1, 0.15) is 0 Å². The highest BCUT2D eigenvalue weighted by Gasteiger charge is 2.34. The maximum absolute atomic E-state index is 12.4. The first-order valence-electron chi connectivity index (χ1n) is 8.50. The molecule has 11 heteroatoms. The normalized spacial score (nSPS) is 14.1. The first-order valence-corrected chi connectivity index (χ1v) is 9.38. The Morgan fingerprint density at radius 3 is 2.89 bits per heavy atom. The highest BCUT2D eigenvalue weighted by atomic mass is 32.1. The van der Waals surface area contributed by atoms with Gasteiger partial charge in [-0.1, -0.05) is 11.2 Å². The lowest BCUT2D eigenvalue weighted by molar-refractivity contribution is -0.120. The second kappa shape index (κ2) is 6.85. The summed E-state index contributed by atoms with van der Waals surface area (Å²) in [5, 5.41) is 12.8. The van der Waals surface area contributed by atoms with Crippen LogP contribution in [0, 0.1) is 5.92 Å². The first-order chi connectivity index (χ1) is 13.8. The number of rotatable bonds is 5. The number of carbonyl (C=O) groups excluding carboxylic acids is 1. The predicted molar refractivity (Wildman–Crippen MR) is 101 cm³/mol. The van der Waals surface area contributed by atoms with E-state index in [1.54, 1.807) is 28.4 Å². The molecule has 1 N–H and O–H groups in total. The molecule has 1 amide bonds. The van der Waals surface area contributed by atoms with Crippen molar-refractivity contribution < 1.29 is 9.32 Å². The van der Waals surface area contributed by atoms with Gasteiger partial charge in [-0.2, -0.15) is 5.10 Å². The van der Waals surface area contributed by atoms with E-state index < -0.39 is 0 Å². The molecule has 10 nitrogen and oxygen atoms in total. The number of nitrogens with one attached hydrogen (secondary N) is 1. The molecule has 0 aromatic carbocycles. The molecule has 1 saturated heterocycles. The lowest BCUT2D eigenvalue weighted by atomic mass is 9.99. The van der Waals surface area contributed by atoms with Crippen molar-refractivity contribution in [2.75, 3.05) is 23.3 Å². The zero-order valence-electron chi connectivity index (χ0n) is 14.5. The molecule has 5 rings (SSSR count). The van der Waals surface area contributed by atoms with Crippen LogP contribution in [0.4, 0.5) is 11.7 Å². The smallest absolute Gasteiger partial charge is 0.233 e. The Labute approximate surface area is 162 Å². The topological polar surface area (TPSA) is 115 Å². The molecule has 1 fully saturated rings. The minimum absolute atomic E-state index is 0.101. The summed E-state index contributed by atoms with van der Waals surface area (Å²) in [6.07, 6.45) is 4.49. The number of nitrogens with zero attached hydrogens (tertiary/aromatic N) is 7. The Hall–Kier alpha value is -3.60. The lowest BCUT2D eigenvalue weighted by Crippen LogP contribution is -2.52. The number of carbonyl (C=O) groups is 1. The van der Waals surface area contributed by atoms with Gasteiger partial charge in [0.05, 0.1) is 10.8 Å². The van der Waals surface area contributed by atoms with Crippen LogP contribution >= 0.6 is 11.3 Å². The molecule has 1 aliphatic heterocycles. The lowest BCUT2D eigenvalue weighted by Gasteiger charge is -2.38. The van der Waals surface area contributed by atoms with Gasteiger partial charge >= 0.3 is 0 Å². The Bertz CT molecular complexity index is 1090. The van der Waals surface area contributed by atoms with Crippen LogP contribution < -0.4 is 10.2 Å². The van der Waals surface area contributed by atoms with Gasteiger partial charge in [-0.05, 0) is 11.4 Å². The number of amides is 1. The van der Waals surface area contributed by atoms with E-state index in [2.05, 4.69) is 30.5 Å². The molecular weight excluding hydrogens is 380 g/mol. The Balaban J connectivity index is 1.20. The molecule has 0 saturated carbocycles. The van der Waals surface area contributed by atoms with Gasteiger partial charge in [-0.15, -0.1) is 11.3 Å². The van der Waals surface area contributed by atoms with Crippen molar-refractivity contribution >= 4 is 28.9 Å². The summed E-state index contributed by atoms with van der Waals surface area (Å²) in [6, 6.07) is 7.44. The van der Waals surface area contributed by atoms with Crippen LogP contribution in [0.3, 0.4) is 0 Å². The van der Waals surface area contributed by atoms with Crippen molar-refractivity contribution in [2.45, 2.75) is 0 Å². The van der Waals surface area contributed by atoms with E-state index in [0.717, 1.165) is 10.7 Å². The third kappa shape index (κ3) is 3.11. The average Bonchev–Trinajstić information content (AvgIpc) is 3.42. The SMILES string of the molecule is O=C(Nc1cc(-c2cccs2)no1)C1CN(c2cc(-n3cncn3)ncn2)C1. The van der Waals surface area contributed by atoms with Crippen LogP contribution in [0.2, 0.25) is 0 Å². The molecular formula is C17H14N8O2S. The molecule has 0 spiro atoms. The van der Waals surface area contributed by atoms with Crippen LogP contribution in [0.15, 0.2) is 53.2 Å². The van der Waals surface area contributed by atoms with E-state index >= 15 is 0 Å². The average molecular weight is 394 g/mol. The molecule has 140 valence electrons. The summed E-state index contributed by atoms with van der Waals surface area (Å²) in [6.45, 7) is 1.12. The van der Waals surface area contributed by atoms with E-state index in [-0.39, 0.29) is 11.8 Å². The molecule has 0 atom stereocenters. The molecule has 5 heterocycles. The molecule has 1 aliphatic rings. The van der Waals surface area contributed by atoms with E-state index in [0.29, 0.717) is 30.5 Å². The highest BCUT2D eigenvalue weighted by Crippen LogP contribution is 2.28. The number of hydrogen-bond acceptors (Lipinski definition) is 9. The van der Waals surface area contributed by atoms with Crippen LogP contribution in [-0.4, -0.2) is 48.9 Å². The summed E-state index contributed by atoms with van der Waals surface area (Å²) < 4.78 is 6.78. The van der Waals surface area contributed by atoms with E-state index in [4.69, 9.17) is 4.52 Å². The largest absolute Gasteiger partial charge is 0.355 e. The number of thiophene rings is 1. The van der Waals surface area contributed by atoms with Gasteiger partial charge in [0.1, 0.15) is 30.5 Å². The molecule has 0 bridgehead atoms. The number of aromatic nitrogens is 6. The van der Waals surface area contributed by atoms with E-state index in [9.17, 15) is 4.79 Å². The summed E-state index contributed by atoms with van der Waals surface area (Å²) in [4.78, 5) is 27.8. The summed E-state index contributed by atoms with van der Waals surface area (Å²) in [7, 11) is 0. The van der Waals surface area contributed by atoms with Gasteiger partial charge in [-0.3, -0.25) is 10.1 Å². The van der Waals surface area contributed by atoms with Crippen LogP contribution in [-0.2, 0) is 4.79 Å². The molecule has 0 unspecified atom stereocenters. The quantitative estimate of drug-likeness (QED) is 0.545. The standard InChI is InChI=1S/C17H14N8O2S/c26-17(22-16-4-12(23-27-16)13-2-1-3-28-13)11-6-24(7-11)14-5-15(20-9-19-14)25-10-18-8-21-25/h1-5,8-11H,6-7H2,(H,22,26). The number of hydrogen-bond donors (Lipinski definition) is 1. The van der Waals surface area contributed by atoms with Gasteiger partial charge < -0.3 is 9.42 Å². The highest BCUT2D eigenvalue weighted by molar-refractivity contribution is 7.13. The summed E-state index contributed by atoms with van der Waals surface area (Å²) in [5.41, 5.74) is 0.710. The molecule has 4 aromatic heterocycles. The predicted octanol–water partition coefficient (Wildman–Crippen LogP) is 1.85. The van der Waals surface area contributed by atoms with Crippen molar-refractivity contribution in [3.05, 3.63) is 48.6 Å². The second-order valence-corrected chi connectivity index (χ2v) is 7.17. The van der Waals surface area contributed by atoms with E-state index in [1.807, 2.05) is 28.5 Å². The maximum Gasteiger partial charge on any atom is 0.233 e. The van der Waals surface area contributed by atoms with Gasteiger partial charge in [0.25, 0.3) is 0 Å². The van der Waals surface area contributed by atoms with Crippen molar-refractivity contribution in [3.63, 3.8) is 0 Å². The zero-order valence-corrected chi connectivity index (χ0v) is 15.3. The molecule has 28 heavy (non-hydrogen) atoms. The molecule has 0 aliphatic carbocycles. The van der Waals surface area contributed by atoms with Gasteiger partial charge in [0.15, 0.2) is 5.82 Å². The minimum Gasteiger partial charge on any atom is -0.355 e. The van der Waals surface area contributed by atoms with E-state index in [1.165, 1.54) is 12.7 Å².